The highest BCUT2D eigenvalue weighted by molar-refractivity contribution is 5.98. The zero-order chi connectivity index (χ0) is 20.1. The molecule has 28 heavy (non-hydrogen) atoms. The monoisotopic (exact) mass is 382 g/mol. The summed E-state index contributed by atoms with van der Waals surface area (Å²) in [5.74, 6) is 1.57. The van der Waals surface area contributed by atoms with Crippen molar-refractivity contribution in [2.24, 2.45) is 5.92 Å². The van der Waals surface area contributed by atoms with E-state index in [0.29, 0.717) is 31.5 Å². The summed E-state index contributed by atoms with van der Waals surface area (Å²) in [6.45, 7) is 1.15. The first-order valence-electron chi connectivity index (χ1n) is 9.38. The minimum atomic E-state index is -0.0551. The average molecular weight is 382 g/mol. The lowest BCUT2D eigenvalue weighted by Crippen LogP contribution is -2.46. The van der Waals surface area contributed by atoms with Gasteiger partial charge in [-0.1, -0.05) is 0 Å². The zero-order valence-corrected chi connectivity index (χ0v) is 16.6. The van der Waals surface area contributed by atoms with Crippen LogP contribution in [0.5, 0.6) is 11.5 Å². The van der Waals surface area contributed by atoms with Crippen LogP contribution in [0.2, 0.25) is 0 Å². The van der Waals surface area contributed by atoms with Crippen molar-refractivity contribution in [1.82, 2.24) is 4.90 Å². The number of likely N-dealkylation sites (tertiary alicyclic amines) is 1. The van der Waals surface area contributed by atoms with E-state index in [1.54, 1.807) is 50.4 Å². The van der Waals surface area contributed by atoms with E-state index in [0.717, 1.165) is 17.2 Å². The van der Waals surface area contributed by atoms with Crippen LogP contribution >= 0.6 is 0 Å². The van der Waals surface area contributed by atoms with Crippen molar-refractivity contribution in [3.63, 3.8) is 0 Å². The van der Waals surface area contributed by atoms with Crippen molar-refractivity contribution in [1.29, 1.82) is 0 Å². The number of benzene rings is 2. The third-order valence-corrected chi connectivity index (χ3v) is 5.26. The summed E-state index contributed by atoms with van der Waals surface area (Å²) in [6.07, 6.45) is 1.35. The first-order chi connectivity index (χ1) is 13.5. The van der Waals surface area contributed by atoms with E-state index in [9.17, 15) is 9.59 Å². The number of rotatable bonds is 5. The Hall–Kier alpha value is -3.02. The maximum Gasteiger partial charge on any atom is 0.324 e. The summed E-state index contributed by atoms with van der Waals surface area (Å²) in [7, 11) is 4.98. The number of hydrogen-bond acceptors (Lipinski definition) is 4. The molecule has 0 radical (unpaired) electrons. The molecule has 2 aromatic rings. The number of carbonyl (C=O) groups is 2. The zero-order valence-electron chi connectivity index (χ0n) is 16.6. The molecule has 1 heterocycles. The van der Waals surface area contributed by atoms with E-state index in [1.807, 2.05) is 29.2 Å². The molecule has 0 N–H and O–H groups in total. The molecule has 148 valence electrons. The molecule has 0 spiro atoms. The third-order valence-electron chi connectivity index (χ3n) is 5.26. The third kappa shape index (κ3) is 4.27. The molecule has 1 fully saturated rings. The van der Waals surface area contributed by atoms with Crippen LogP contribution in [-0.2, 0) is 0 Å². The van der Waals surface area contributed by atoms with E-state index in [2.05, 4.69) is 0 Å². The van der Waals surface area contributed by atoms with Gasteiger partial charge in [-0.3, -0.25) is 9.69 Å². The Kier molecular flexibility index (Phi) is 6.19. The Morgan fingerprint density at radius 3 is 1.89 bits per heavy atom. The van der Waals surface area contributed by atoms with Crippen LogP contribution in [0.4, 0.5) is 10.5 Å². The van der Waals surface area contributed by atoms with Gasteiger partial charge < -0.3 is 14.4 Å². The van der Waals surface area contributed by atoms with Crippen LogP contribution in [0.25, 0.3) is 0 Å². The summed E-state index contributed by atoms with van der Waals surface area (Å²) in [5, 5.41) is 0. The molecule has 2 amide bonds. The molecular weight excluding hydrogens is 356 g/mol. The lowest BCUT2D eigenvalue weighted by Gasteiger charge is -2.34. The van der Waals surface area contributed by atoms with Gasteiger partial charge in [0, 0.05) is 37.3 Å². The number of anilines is 1. The fourth-order valence-corrected chi connectivity index (χ4v) is 3.45. The summed E-state index contributed by atoms with van der Waals surface area (Å²) < 4.78 is 10.3. The Labute approximate surface area is 165 Å². The largest absolute Gasteiger partial charge is 0.497 e. The number of carbonyl (C=O) groups excluding carboxylic acids is 2. The smallest absolute Gasteiger partial charge is 0.324 e. The molecule has 2 aromatic carbocycles. The fraction of sp³-hybridized carbons (Fsp3) is 0.364. The number of ether oxygens (including phenoxy) is 2. The second-order valence-electron chi connectivity index (χ2n) is 6.89. The standard InChI is InChI=1S/C22H26N2O4/c1-23(18-6-10-20(28-3)11-7-18)22(26)24-14-12-17(13-15-24)21(25)16-4-8-19(27-2)9-5-16/h4-11,17H,12-15H2,1-3H3. The second kappa shape index (κ2) is 8.78. The van der Waals surface area contributed by atoms with Crippen molar-refractivity contribution >= 4 is 17.5 Å². The van der Waals surface area contributed by atoms with Gasteiger partial charge in [-0.25, -0.2) is 4.79 Å². The van der Waals surface area contributed by atoms with Gasteiger partial charge in [0.05, 0.1) is 14.2 Å². The summed E-state index contributed by atoms with van der Waals surface area (Å²) >= 11 is 0. The highest BCUT2D eigenvalue weighted by atomic mass is 16.5. The fourth-order valence-electron chi connectivity index (χ4n) is 3.45. The van der Waals surface area contributed by atoms with E-state index < -0.39 is 0 Å². The second-order valence-corrected chi connectivity index (χ2v) is 6.89. The predicted molar refractivity (Wildman–Crippen MR) is 108 cm³/mol. The number of ketones is 1. The van der Waals surface area contributed by atoms with Crippen LogP contribution in [0.3, 0.4) is 0 Å². The van der Waals surface area contributed by atoms with E-state index >= 15 is 0 Å². The summed E-state index contributed by atoms with van der Waals surface area (Å²) in [6, 6.07) is 14.5. The van der Waals surface area contributed by atoms with E-state index in [1.165, 1.54) is 0 Å². The van der Waals surface area contributed by atoms with Crippen LogP contribution < -0.4 is 14.4 Å². The molecule has 1 saturated heterocycles. The molecule has 6 nitrogen and oxygen atoms in total. The highest BCUT2D eigenvalue weighted by Gasteiger charge is 2.29. The van der Waals surface area contributed by atoms with Gasteiger partial charge in [0.25, 0.3) is 0 Å². The minimum absolute atomic E-state index is 0.0521. The number of hydrogen-bond donors (Lipinski definition) is 0. The molecule has 0 unspecified atom stereocenters. The van der Waals surface area contributed by atoms with Crippen LogP contribution in [-0.4, -0.2) is 51.1 Å². The van der Waals surface area contributed by atoms with Gasteiger partial charge in [-0.15, -0.1) is 0 Å². The van der Waals surface area contributed by atoms with Gasteiger partial charge >= 0.3 is 6.03 Å². The first kappa shape index (κ1) is 19.7. The van der Waals surface area contributed by atoms with Crippen LogP contribution in [0.1, 0.15) is 23.2 Å². The lowest BCUT2D eigenvalue weighted by atomic mass is 9.89. The molecule has 0 saturated carbocycles. The molecule has 0 atom stereocenters. The predicted octanol–water partition coefficient (Wildman–Crippen LogP) is 3.85. The summed E-state index contributed by atoms with van der Waals surface area (Å²) in [5.41, 5.74) is 1.50. The molecule has 3 rings (SSSR count). The molecule has 0 aromatic heterocycles. The number of piperidine rings is 1. The van der Waals surface area contributed by atoms with E-state index in [-0.39, 0.29) is 17.7 Å². The molecule has 6 heteroatoms. The van der Waals surface area contributed by atoms with Crippen molar-refractivity contribution < 1.29 is 19.1 Å². The molecule has 0 bridgehead atoms. The first-order valence-corrected chi connectivity index (χ1v) is 9.38. The van der Waals surface area contributed by atoms with Crippen molar-refractivity contribution in [3.05, 3.63) is 54.1 Å². The number of nitrogens with zero attached hydrogens (tertiary/aromatic N) is 2. The lowest BCUT2D eigenvalue weighted by molar-refractivity contribution is 0.0857. The minimum Gasteiger partial charge on any atom is -0.497 e. The van der Waals surface area contributed by atoms with E-state index in [4.69, 9.17) is 9.47 Å². The van der Waals surface area contributed by atoms with Crippen LogP contribution in [0.15, 0.2) is 48.5 Å². The molecule has 0 aliphatic carbocycles. The van der Waals surface area contributed by atoms with Crippen molar-refractivity contribution in [3.8, 4) is 11.5 Å². The van der Waals surface area contributed by atoms with Crippen molar-refractivity contribution in [2.75, 3.05) is 39.3 Å². The van der Waals surface area contributed by atoms with Gasteiger partial charge in [0.2, 0.25) is 0 Å². The average Bonchev–Trinajstić information content (AvgIpc) is 2.78. The highest BCUT2D eigenvalue weighted by Crippen LogP contribution is 2.25. The normalized spacial score (nSPS) is 14.5. The van der Waals surface area contributed by atoms with Crippen LogP contribution in [0, 0.1) is 5.92 Å². The summed E-state index contributed by atoms with van der Waals surface area (Å²) in [4.78, 5) is 29.0. The Balaban J connectivity index is 1.57. The number of urea groups is 1. The number of amides is 2. The van der Waals surface area contributed by atoms with Gasteiger partial charge in [0.15, 0.2) is 5.78 Å². The van der Waals surface area contributed by atoms with Gasteiger partial charge in [0.1, 0.15) is 11.5 Å². The molecule has 1 aliphatic heterocycles. The quantitative estimate of drug-likeness (QED) is 0.737. The molecule has 1 aliphatic rings. The Bertz CT molecular complexity index is 809. The van der Waals surface area contributed by atoms with Crippen molar-refractivity contribution in [2.45, 2.75) is 12.8 Å². The Morgan fingerprint density at radius 1 is 0.893 bits per heavy atom. The number of Topliss-reactive ketones (excluding diaryl/α,β-unsaturated/α-hetero) is 1. The topological polar surface area (TPSA) is 59.1 Å². The Morgan fingerprint density at radius 2 is 1.39 bits per heavy atom. The number of methoxy groups -OCH3 is 2. The van der Waals surface area contributed by atoms with Gasteiger partial charge in [-0.2, -0.15) is 0 Å². The maximum absolute atomic E-state index is 12.8. The van der Waals surface area contributed by atoms with Gasteiger partial charge in [-0.05, 0) is 61.4 Å². The SMILES string of the molecule is COc1ccc(C(=O)C2CCN(C(=O)N(C)c3ccc(OC)cc3)CC2)cc1. The molecular formula is C22H26N2O4. The maximum atomic E-state index is 12.8.